The lowest BCUT2D eigenvalue weighted by Crippen LogP contribution is -2.16. The third-order valence-corrected chi connectivity index (χ3v) is 4.40. The lowest BCUT2D eigenvalue weighted by atomic mass is 10.3. The van der Waals surface area contributed by atoms with E-state index in [0.29, 0.717) is 17.2 Å². The molecule has 0 spiro atoms. The van der Waals surface area contributed by atoms with Crippen molar-refractivity contribution in [1.29, 1.82) is 0 Å². The van der Waals surface area contributed by atoms with Gasteiger partial charge in [-0.3, -0.25) is 4.79 Å². The number of amides is 1. The SMILES string of the molecule is CCOC(=O)c1cc(C)sc1NC(=O)Cc1csc(C)n1. The molecular formula is C14H16N2O3S2. The van der Waals surface area contributed by atoms with E-state index < -0.39 is 5.97 Å². The minimum absolute atomic E-state index is 0.187. The van der Waals surface area contributed by atoms with Gasteiger partial charge in [0.05, 0.1) is 29.3 Å². The number of thiophene rings is 1. The maximum Gasteiger partial charge on any atom is 0.341 e. The van der Waals surface area contributed by atoms with Crippen molar-refractivity contribution in [3.63, 3.8) is 0 Å². The minimum atomic E-state index is -0.415. The molecule has 0 radical (unpaired) electrons. The zero-order valence-electron chi connectivity index (χ0n) is 12.1. The number of thiazole rings is 1. The van der Waals surface area contributed by atoms with Crippen LogP contribution in [0.1, 0.15) is 32.9 Å². The van der Waals surface area contributed by atoms with Crippen LogP contribution in [0, 0.1) is 13.8 Å². The van der Waals surface area contributed by atoms with E-state index >= 15 is 0 Å². The molecule has 0 saturated heterocycles. The van der Waals surface area contributed by atoms with E-state index in [4.69, 9.17) is 4.74 Å². The monoisotopic (exact) mass is 324 g/mol. The Bertz CT molecular complexity index is 661. The second-order valence-corrected chi connectivity index (χ2v) is 6.72. The van der Waals surface area contributed by atoms with E-state index in [1.165, 1.54) is 22.7 Å². The predicted octanol–water partition coefficient (Wildman–Crippen LogP) is 3.18. The van der Waals surface area contributed by atoms with Crippen LogP contribution in [0.25, 0.3) is 0 Å². The van der Waals surface area contributed by atoms with Gasteiger partial charge in [0.1, 0.15) is 5.00 Å². The summed E-state index contributed by atoms with van der Waals surface area (Å²) >= 11 is 2.87. The van der Waals surface area contributed by atoms with E-state index in [1.54, 1.807) is 13.0 Å². The van der Waals surface area contributed by atoms with Crippen molar-refractivity contribution in [3.8, 4) is 0 Å². The highest BCUT2D eigenvalue weighted by molar-refractivity contribution is 7.16. The third kappa shape index (κ3) is 4.12. The summed E-state index contributed by atoms with van der Waals surface area (Å²) in [6.45, 7) is 5.83. The number of aromatic nitrogens is 1. The lowest BCUT2D eigenvalue weighted by molar-refractivity contribution is -0.115. The first-order chi connectivity index (χ1) is 9.99. The van der Waals surface area contributed by atoms with E-state index in [9.17, 15) is 9.59 Å². The molecule has 112 valence electrons. The van der Waals surface area contributed by atoms with Crippen LogP contribution < -0.4 is 5.32 Å². The first-order valence-corrected chi connectivity index (χ1v) is 8.17. The van der Waals surface area contributed by atoms with Crippen LogP contribution >= 0.6 is 22.7 Å². The van der Waals surface area contributed by atoms with Crippen molar-refractivity contribution in [3.05, 3.63) is 32.6 Å². The van der Waals surface area contributed by atoms with E-state index in [1.807, 2.05) is 19.2 Å². The summed E-state index contributed by atoms with van der Waals surface area (Å²) in [5.41, 5.74) is 1.14. The van der Waals surface area contributed by atoms with Crippen molar-refractivity contribution >= 4 is 39.6 Å². The Labute approximate surface area is 131 Å². The van der Waals surface area contributed by atoms with E-state index in [0.717, 1.165) is 15.6 Å². The molecule has 0 unspecified atom stereocenters. The smallest absolute Gasteiger partial charge is 0.341 e. The number of ether oxygens (including phenoxy) is 1. The number of rotatable bonds is 5. The van der Waals surface area contributed by atoms with Gasteiger partial charge in [0.25, 0.3) is 0 Å². The van der Waals surface area contributed by atoms with Gasteiger partial charge in [-0.25, -0.2) is 9.78 Å². The van der Waals surface area contributed by atoms with Crippen molar-refractivity contribution in [1.82, 2.24) is 4.98 Å². The molecule has 0 aliphatic heterocycles. The van der Waals surface area contributed by atoms with Crippen LogP contribution in [0.3, 0.4) is 0 Å². The Morgan fingerprint density at radius 2 is 2.14 bits per heavy atom. The molecule has 2 aromatic heterocycles. The first-order valence-electron chi connectivity index (χ1n) is 6.48. The summed E-state index contributed by atoms with van der Waals surface area (Å²) in [7, 11) is 0. The average Bonchev–Trinajstić information content (AvgIpc) is 2.96. The molecule has 7 heteroatoms. The molecule has 2 heterocycles. The Hall–Kier alpha value is -1.73. The Morgan fingerprint density at radius 1 is 1.38 bits per heavy atom. The Morgan fingerprint density at radius 3 is 2.76 bits per heavy atom. The molecule has 0 saturated carbocycles. The van der Waals surface area contributed by atoms with Crippen LogP contribution in [0.2, 0.25) is 0 Å². The minimum Gasteiger partial charge on any atom is -0.462 e. The fourth-order valence-corrected chi connectivity index (χ4v) is 3.32. The number of nitrogens with one attached hydrogen (secondary N) is 1. The Balaban J connectivity index is 2.08. The third-order valence-electron chi connectivity index (χ3n) is 2.61. The number of carbonyl (C=O) groups excluding carboxylic acids is 2. The first kappa shape index (κ1) is 15.7. The molecular weight excluding hydrogens is 308 g/mol. The summed E-state index contributed by atoms with van der Waals surface area (Å²) in [6.07, 6.45) is 0.198. The second-order valence-electron chi connectivity index (χ2n) is 4.40. The molecule has 0 aliphatic rings. The van der Waals surface area contributed by atoms with Gasteiger partial charge >= 0.3 is 5.97 Å². The van der Waals surface area contributed by atoms with Gasteiger partial charge in [-0.2, -0.15) is 0 Å². The normalized spacial score (nSPS) is 10.4. The molecule has 2 aromatic rings. The van der Waals surface area contributed by atoms with Gasteiger partial charge in [0.15, 0.2) is 0 Å². The largest absolute Gasteiger partial charge is 0.462 e. The fraction of sp³-hybridized carbons (Fsp3) is 0.357. The number of hydrogen-bond acceptors (Lipinski definition) is 6. The highest BCUT2D eigenvalue weighted by atomic mass is 32.1. The zero-order valence-corrected chi connectivity index (χ0v) is 13.7. The van der Waals surface area contributed by atoms with Gasteiger partial charge in [0.2, 0.25) is 5.91 Å². The molecule has 2 rings (SSSR count). The quantitative estimate of drug-likeness (QED) is 0.858. The highest BCUT2D eigenvalue weighted by Gasteiger charge is 2.18. The molecule has 0 aliphatic carbocycles. The van der Waals surface area contributed by atoms with Crippen LogP contribution in [0.15, 0.2) is 11.4 Å². The number of esters is 1. The fourth-order valence-electron chi connectivity index (χ4n) is 1.79. The molecule has 21 heavy (non-hydrogen) atoms. The number of aryl methyl sites for hydroxylation is 2. The van der Waals surface area contributed by atoms with Crippen molar-refractivity contribution < 1.29 is 14.3 Å². The summed E-state index contributed by atoms with van der Waals surface area (Å²) in [5.74, 6) is -0.602. The molecule has 1 amide bonds. The van der Waals surface area contributed by atoms with Gasteiger partial charge in [-0.15, -0.1) is 22.7 Å². The Kier molecular flexibility index (Phi) is 5.08. The summed E-state index contributed by atoms with van der Waals surface area (Å²) in [5, 5.41) is 6.09. The molecule has 5 nitrogen and oxygen atoms in total. The zero-order chi connectivity index (χ0) is 15.4. The molecule has 0 atom stereocenters. The maximum atomic E-state index is 12.0. The number of carbonyl (C=O) groups is 2. The molecule has 0 aromatic carbocycles. The van der Waals surface area contributed by atoms with E-state index in [2.05, 4.69) is 10.3 Å². The van der Waals surface area contributed by atoms with Crippen molar-refractivity contribution in [2.24, 2.45) is 0 Å². The standard InChI is InChI=1S/C14H16N2O3S2/c1-4-19-14(18)11-5-8(2)21-13(11)16-12(17)6-10-7-20-9(3)15-10/h5,7H,4,6H2,1-3H3,(H,16,17). The topological polar surface area (TPSA) is 68.3 Å². The van der Waals surface area contributed by atoms with Crippen LogP contribution in [0.4, 0.5) is 5.00 Å². The summed E-state index contributed by atoms with van der Waals surface area (Å²) < 4.78 is 4.99. The van der Waals surface area contributed by atoms with Crippen LogP contribution in [-0.2, 0) is 16.0 Å². The van der Waals surface area contributed by atoms with Gasteiger partial charge in [-0.1, -0.05) is 0 Å². The predicted molar refractivity (Wildman–Crippen MR) is 84.2 cm³/mol. The van der Waals surface area contributed by atoms with Crippen LogP contribution in [-0.4, -0.2) is 23.5 Å². The second kappa shape index (κ2) is 6.82. The molecule has 0 bridgehead atoms. The summed E-state index contributed by atoms with van der Waals surface area (Å²) in [6, 6.07) is 1.73. The highest BCUT2D eigenvalue weighted by Crippen LogP contribution is 2.28. The van der Waals surface area contributed by atoms with E-state index in [-0.39, 0.29) is 12.3 Å². The van der Waals surface area contributed by atoms with Gasteiger partial charge in [-0.05, 0) is 26.8 Å². The lowest BCUT2D eigenvalue weighted by Gasteiger charge is -2.05. The van der Waals surface area contributed by atoms with Gasteiger partial charge in [0, 0.05) is 10.3 Å². The number of hydrogen-bond donors (Lipinski definition) is 1. The molecule has 0 fully saturated rings. The molecule has 1 N–H and O–H groups in total. The summed E-state index contributed by atoms with van der Waals surface area (Å²) in [4.78, 5) is 29.1. The van der Waals surface area contributed by atoms with Gasteiger partial charge < -0.3 is 10.1 Å². The number of nitrogens with zero attached hydrogens (tertiary/aromatic N) is 1. The average molecular weight is 324 g/mol. The van der Waals surface area contributed by atoms with Crippen molar-refractivity contribution in [2.45, 2.75) is 27.2 Å². The van der Waals surface area contributed by atoms with Crippen molar-refractivity contribution in [2.75, 3.05) is 11.9 Å². The maximum absolute atomic E-state index is 12.0. The van der Waals surface area contributed by atoms with Crippen LogP contribution in [0.5, 0.6) is 0 Å². The number of anilines is 1.